The molecule has 0 unspecified atom stereocenters. The molecule has 11 rings (SSSR count). The summed E-state index contributed by atoms with van der Waals surface area (Å²) in [4.78, 5) is 69.9. The number of ketones is 3. The van der Waals surface area contributed by atoms with Gasteiger partial charge in [-0.05, 0) is 98.0 Å². The fourth-order valence-electron chi connectivity index (χ4n) is 11.9. The highest BCUT2D eigenvalue weighted by Crippen LogP contribution is 2.49. The lowest BCUT2D eigenvalue weighted by Gasteiger charge is -2.39. The van der Waals surface area contributed by atoms with E-state index in [2.05, 4.69) is 33.4 Å². The maximum absolute atomic E-state index is 13.6. The summed E-state index contributed by atoms with van der Waals surface area (Å²) in [5, 5.41) is 13.1. The van der Waals surface area contributed by atoms with Gasteiger partial charge in [0.1, 0.15) is 24.6 Å². The second-order valence-corrected chi connectivity index (χ2v) is 20.3. The SMILES string of the molecule is O=C(CCOCCOCCOCCCC(=O)c1ccc(C2=c3cc4c5c(c3Oc3c2cc2c6c3CCCN6CCC2)CCC[N+]=5CCC4)c(C(=O)O)c1)C(=O)CCC(=O)N1Cc2ccccc2C#Cc2ccccc21. The number of anilines is 2. The van der Waals surface area contributed by atoms with Crippen LogP contribution >= 0.6 is 0 Å². The first-order valence-corrected chi connectivity index (χ1v) is 26.8. The molecule has 13 heteroatoms. The van der Waals surface area contributed by atoms with Crippen molar-refractivity contribution >= 4 is 46.2 Å². The first-order chi connectivity index (χ1) is 36.7. The molecule has 0 fully saturated rings. The van der Waals surface area contributed by atoms with E-state index < -0.39 is 17.5 Å². The van der Waals surface area contributed by atoms with Crippen LogP contribution in [-0.2, 0) is 60.8 Å². The third kappa shape index (κ3) is 10.3. The molecule has 384 valence electrons. The molecular formula is C62H62N3O10+. The Balaban J connectivity index is 0.648. The monoisotopic (exact) mass is 1010 g/mol. The van der Waals surface area contributed by atoms with Crippen molar-refractivity contribution in [2.24, 2.45) is 0 Å². The number of carbonyl (C=O) groups is 5. The number of aromatic carboxylic acids is 1. The molecule has 0 aromatic heterocycles. The van der Waals surface area contributed by atoms with Crippen molar-refractivity contribution in [3.05, 3.63) is 151 Å². The van der Waals surface area contributed by atoms with Gasteiger partial charge in [0.15, 0.2) is 11.6 Å². The first kappa shape index (κ1) is 49.9. The van der Waals surface area contributed by atoms with Crippen LogP contribution in [0.15, 0.2) is 78.9 Å². The number of hydrogen-bond donors (Lipinski definition) is 1. The van der Waals surface area contributed by atoms with Gasteiger partial charge in [-0.15, -0.1) is 0 Å². The van der Waals surface area contributed by atoms with Crippen LogP contribution in [0.1, 0.15) is 129 Å². The van der Waals surface area contributed by atoms with Crippen LogP contribution < -0.4 is 29.7 Å². The quantitative estimate of drug-likeness (QED) is 0.0275. The number of carboxylic acids is 1. The summed E-state index contributed by atoms with van der Waals surface area (Å²) < 4.78 is 26.6. The standard InChI is InChI=1S/C62H61N3O10/c66-53(18-9-30-72-32-34-74-35-33-73-31-25-55(68)54(67)23-24-56(69)65-39-45-12-2-1-10-40(45)19-20-41-11-3-4-17-52(41)65)42-21-22-46(49(36-42)62(70)71)57-50-37-43-13-5-26-63-28-7-15-47(58(43)63)60(50)75-61-48-16-8-29-64-27-6-14-44(59(48)64)38-51(57)61/h1-4,10-12,17,21-22,36-38H,5-9,13-16,18,23-35,39H2/p+1. The number of hydrogen-bond acceptors (Lipinski definition) is 10. The molecule has 1 N–H and O–H groups in total. The van der Waals surface area contributed by atoms with Crippen LogP contribution in [0.5, 0.6) is 11.5 Å². The maximum Gasteiger partial charge on any atom is 0.336 e. The van der Waals surface area contributed by atoms with Crippen molar-refractivity contribution in [2.75, 3.05) is 75.6 Å². The number of Topliss-reactive ketones (excluding diaryl/α,β-unsaturated/α-hetero) is 3. The molecule has 0 atom stereocenters. The van der Waals surface area contributed by atoms with Gasteiger partial charge < -0.3 is 33.9 Å². The smallest absolute Gasteiger partial charge is 0.336 e. The van der Waals surface area contributed by atoms with Gasteiger partial charge in [-0.1, -0.05) is 54.3 Å². The zero-order valence-electron chi connectivity index (χ0n) is 42.4. The van der Waals surface area contributed by atoms with E-state index in [1.54, 1.807) is 17.0 Å². The third-order valence-electron chi connectivity index (χ3n) is 15.5. The number of amides is 1. The number of carbonyl (C=O) groups excluding carboxylic acids is 4. The van der Waals surface area contributed by atoms with Gasteiger partial charge in [0.25, 0.3) is 0 Å². The summed E-state index contributed by atoms with van der Waals surface area (Å²) in [6, 6.07) is 24.8. The van der Waals surface area contributed by atoms with Gasteiger partial charge in [-0.2, -0.15) is 0 Å². The Morgan fingerprint density at radius 2 is 1.32 bits per heavy atom. The second-order valence-electron chi connectivity index (χ2n) is 20.3. The van der Waals surface area contributed by atoms with Crippen molar-refractivity contribution < 1.29 is 48.0 Å². The van der Waals surface area contributed by atoms with Crippen molar-refractivity contribution in [3.8, 4) is 23.3 Å². The van der Waals surface area contributed by atoms with E-state index in [1.807, 2.05) is 54.6 Å². The lowest BCUT2D eigenvalue weighted by Crippen LogP contribution is -2.45. The van der Waals surface area contributed by atoms with Crippen molar-refractivity contribution in [1.82, 2.24) is 4.58 Å². The van der Waals surface area contributed by atoms with Gasteiger partial charge >= 0.3 is 5.97 Å². The molecule has 5 aromatic carbocycles. The lowest BCUT2D eigenvalue weighted by molar-refractivity contribution is -0.137. The largest absolute Gasteiger partial charge is 0.478 e. The molecule has 0 aliphatic carbocycles. The fourth-order valence-corrected chi connectivity index (χ4v) is 11.9. The minimum Gasteiger partial charge on any atom is -0.478 e. The minimum absolute atomic E-state index is 0.0527. The Morgan fingerprint density at radius 1 is 0.627 bits per heavy atom. The zero-order chi connectivity index (χ0) is 51.4. The number of rotatable bonds is 20. The Bertz CT molecular complexity index is 3340. The molecule has 5 aromatic rings. The van der Waals surface area contributed by atoms with Crippen LogP contribution in [0.2, 0.25) is 0 Å². The van der Waals surface area contributed by atoms with Crippen molar-refractivity contribution in [3.63, 3.8) is 0 Å². The van der Waals surface area contributed by atoms with E-state index >= 15 is 0 Å². The van der Waals surface area contributed by atoms with E-state index in [4.69, 9.17) is 18.9 Å². The maximum atomic E-state index is 13.6. The number of fused-ring (bicyclic) bond motifs is 6. The summed E-state index contributed by atoms with van der Waals surface area (Å²) in [6.07, 6.45) is 8.26. The van der Waals surface area contributed by atoms with Crippen LogP contribution in [0.4, 0.5) is 11.4 Å². The molecule has 6 aliphatic rings. The van der Waals surface area contributed by atoms with E-state index in [0.29, 0.717) is 49.6 Å². The summed E-state index contributed by atoms with van der Waals surface area (Å²) in [5.74, 6) is 5.40. The van der Waals surface area contributed by atoms with Crippen molar-refractivity contribution in [1.29, 1.82) is 0 Å². The normalized spacial score (nSPS) is 15.6. The van der Waals surface area contributed by atoms with E-state index in [-0.39, 0.29) is 62.8 Å². The van der Waals surface area contributed by atoms with Gasteiger partial charge in [-0.25, -0.2) is 9.37 Å². The fraction of sp³-hybridized carbons (Fsp3) is 0.387. The molecule has 1 amide bonds. The highest BCUT2D eigenvalue weighted by atomic mass is 16.5. The number of para-hydroxylation sites is 1. The Labute approximate surface area is 436 Å². The van der Waals surface area contributed by atoms with Crippen LogP contribution in [0, 0.1) is 11.8 Å². The first-order valence-electron chi connectivity index (χ1n) is 26.8. The predicted molar refractivity (Wildman–Crippen MR) is 284 cm³/mol. The van der Waals surface area contributed by atoms with Gasteiger partial charge in [0.05, 0.1) is 56.4 Å². The molecule has 0 saturated heterocycles. The Hall–Kier alpha value is -7.24. The molecule has 75 heavy (non-hydrogen) atoms. The summed E-state index contributed by atoms with van der Waals surface area (Å²) in [7, 11) is 0. The lowest BCUT2D eigenvalue weighted by atomic mass is 9.81. The summed E-state index contributed by atoms with van der Waals surface area (Å²) in [5.41, 5.74) is 12.4. The Morgan fingerprint density at radius 3 is 2.15 bits per heavy atom. The van der Waals surface area contributed by atoms with Gasteiger partial charge in [-0.3, -0.25) is 19.2 Å². The van der Waals surface area contributed by atoms with Crippen molar-refractivity contribution in [2.45, 2.75) is 90.0 Å². The predicted octanol–water partition coefficient (Wildman–Crippen LogP) is 7.09. The number of carboxylic acid groups (broad SMARTS) is 1. The minimum atomic E-state index is -1.08. The van der Waals surface area contributed by atoms with Gasteiger partial charge in [0, 0.05) is 108 Å². The number of benzene rings is 5. The summed E-state index contributed by atoms with van der Waals surface area (Å²) in [6.45, 7) is 5.92. The van der Waals surface area contributed by atoms with E-state index in [0.717, 1.165) is 122 Å². The number of nitrogens with zero attached hydrogens (tertiary/aromatic N) is 3. The molecule has 0 bridgehead atoms. The Kier molecular flexibility index (Phi) is 14.9. The number of aryl methyl sites for hydroxylation is 2. The van der Waals surface area contributed by atoms with E-state index in [9.17, 15) is 29.1 Å². The topological polar surface area (TPSA) is 152 Å². The van der Waals surface area contributed by atoms with E-state index in [1.165, 1.54) is 33.3 Å². The molecule has 13 nitrogen and oxygen atoms in total. The number of ether oxygens (including phenoxy) is 4. The molecule has 6 heterocycles. The van der Waals surface area contributed by atoms with Crippen LogP contribution in [0.3, 0.4) is 0 Å². The molecule has 6 aliphatic heterocycles. The average Bonchev–Trinajstić information content (AvgIpc) is 3.43. The van der Waals surface area contributed by atoms with Crippen LogP contribution in [0.25, 0.3) is 5.57 Å². The second kappa shape index (κ2) is 22.3. The molecular weight excluding hydrogens is 947 g/mol. The highest BCUT2D eigenvalue weighted by molar-refractivity contribution is 6.37. The van der Waals surface area contributed by atoms with Crippen LogP contribution in [-0.4, -0.2) is 100 Å². The highest BCUT2D eigenvalue weighted by Gasteiger charge is 2.37. The molecule has 0 radical (unpaired) electrons. The summed E-state index contributed by atoms with van der Waals surface area (Å²) >= 11 is 0. The zero-order valence-corrected chi connectivity index (χ0v) is 42.4. The third-order valence-corrected chi connectivity index (χ3v) is 15.5. The molecule has 0 saturated carbocycles. The van der Waals surface area contributed by atoms with Gasteiger partial charge in [0.2, 0.25) is 17.0 Å². The average molecular weight is 1010 g/mol. The molecule has 0 spiro atoms.